The number of methoxy groups -OCH3 is 1. The normalized spacial score (nSPS) is 32.3. The number of nitrogens with zero attached hydrogens (tertiary/aromatic N) is 3. The molecule has 8 atom stereocenters. The number of rotatable bonds is 7. The number of carbonyl (C=O) groups is 4. The van der Waals surface area contributed by atoms with E-state index < -0.39 is 98.0 Å². The van der Waals surface area contributed by atoms with Gasteiger partial charge in [-0.15, -0.1) is 0 Å². The van der Waals surface area contributed by atoms with Gasteiger partial charge in [0.05, 0.1) is 35.4 Å². The lowest BCUT2D eigenvalue weighted by Gasteiger charge is -2.36. The molecule has 15 nitrogen and oxygen atoms in total. The third kappa shape index (κ3) is 7.88. The highest BCUT2D eigenvalue weighted by atomic mass is 32.2. The SMILES string of the molecule is COc1ccc2nc3c(nc2c1)O[C@H]1CN(C(=O)[C@H](C(C)(C)C)NC(=O)O[C@]2(C)C[C@H]2CCCCC3)[C@H](C(=O)N[C@]2(C(=O)NS(=O)(=O)C3(C)CC3)C[C@H]2C(F)F)[C@@H]1C. The topological polar surface area (TPSA) is 195 Å². The van der Waals surface area contributed by atoms with Crippen molar-refractivity contribution >= 4 is 44.9 Å². The molecule has 3 heterocycles. The molecule has 18 heteroatoms. The standard InChI is InChI=1S/C40H54F2N6O9S/c1-21-28-20-48(29(21)32(49)46-40(19-24(40)31(41)42)35(51)47-58(53,54)38(5)15-16-38)34(50)30(37(2,3)4)45-36(52)57-39(6)18-22(39)11-9-8-10-12-26-33(56-28)44-27-17-23(55-7)13-14-25(27)43-26/h13-14,17,21-22,24,28-31H,8-12,15-16,18-20H2,1-7H3,(H,45,52)(H,46,49)(H,47,51)/t21-,22-,24+,28+,29+,30-,39-,40-/m1/s1. The summed E-state index contributed by atoms with van der Waals surface area (Å²) >= 11 is 0. The highest BCUT2D eigenvalue weighted by molar-refractivity contribution is 7.91. The van der Waals surface area contributed by atoms with E-state index in [-0.39, 0.29) is 18.3 Å². The first-order valence-corrected chi connectivity index (χ1v) is 21.6. The average molecular weight is 833 g/mol. The number of fused-ring (bicyclic) bond motifs is 5. The quantitative estimate of drug-likeness (QED) is 0.358. The van der Waals surface area contributed by atoms with Gasteiger partial charge in [-0.3, -0.25) is 19.1 Å². The third-order valence-electron chi connectivity index (χ3n) is 12.9. The zero-order valence-electron chi connectivity index (χ0n) is 34.0. The van der Waals surface area contributed by atoms with Crippen LogP contribution in [-0.4, -0.2) is 101 Å². The molecule has 4 fully saturated rings. The smallest absolute Gasteiger partial charge is 0.408 e. The van der Waals surface area contributed by atoms with Gasteiger partial charge in [0.1, 0.15) is 40.8 Å². The average Bonchev–Trinajstić information content (AvgIpc) is 4.09. The Labute approximate surface area is 337 Å². The van der Waals surface area contributed by atoms with E-state index in [2.05, 4.69) is 10.6 Å². The molecule has 7 rings (SSSR count). The Bertz CT molecular complexity index is 2110. The Morgan fingerprint density at radius 3 is 2.43 bits per heavy atom. The molecule has 58 heavy (non-hydrogen) atoms. The Kier molecular flexibility index (Phi) is 10.6. The van der Waals surface area contributed by atoms with Gasteiger partial charge in [-0.25, -0.2) is 32.0 Å². The van der Waals surface area contributed by atoms with Crippen molar-refractivity contribution in [2.75, 3.05) is 13.7 Å². The molecule has 0 unspecified atom stereocenters. The Morgan fingerprint density at radius 1 is 1.07 bits per heavy atom. The van der Waals surface area contributed by atoms with E-state index >= 15 is 0 Å². The predicted octanol–water partition coefficient (Wildman–Crippen LogP) is 4.41. The number of amides is 4. The molecule has 3 saturated carbocycles. The Hall–Kier alpha value is -4.35. The predicted molar refractivity (Wildman–Crippen MR) is 206 cm³/mol. The van der Waals surface area contributed by atoms with Crippen molar-refractivity contribution in [3.8, 4) is 11.6 Å². The molecular weight excluding hydrogens is 779 g/mol. The zero-order chi connectivity index (χ0) is 42.2. The number of sulfonamides is 1. The van der Waals surface area contributed by atoms with E-state index in [1.165, 1.54) is 18.9 Å². The number of hydrogen-bond acceptors (Lipinski definition) is 11. The molecule has 0 spiro atoms. The molecule has 1 aromatic heterocycles. The molecule has 1 aromatic carbocycles. The van der Waals surface area contributed by atoms with Gasteiger partial charge in [0, 0.05) is 17.9 Å². The van der Waals surface area contributed by atoms with E-state index in [1.807, 2.05) is 11.6 Å². The number of halogens is 2. The maximum atomic E-state index is 14.8. The summed E-state index contributed by atoms with van der Waals surface area (Å²) in [5.74, 6) is -4.49. The van der Waals surface area contributed by atoms with Crippen LogP contribution in [0.4, 0.5) is 13.6 Å². The van der Waals surface area contributed by atoms with Crippen LogP contribution < -0.4 is 24.8 Å². The van der Waals surface area contributed by atoms with Gasteiger partial charge in [-0.05, 0) is 76.3 Å². The maximum Gasteiger partial charge on any atom is 0.408 e. The molecule has 1 saturated heterocycles. The first kappa shape index (κ1) is 41.8. The number of aromatic nitrogens is 2. The summed E-state index contributed by atoms with van der Waals surface area (Å²) in [5, 5.41) is 5.24. The zero-order valence-corrected chi connectivity index (χ0v) is 34.8. The summed E-state index contributed by atoms with van der Waals surface area (Å²) in [6.07, 6.45) is -0.133. The Morgan fingerprint density at radius 2 is 1.79 bits per heavy atom. The summed E-state index contributed by atoms with van der Waals surface area (Å²) < 4.78 is 73.4. The van der Waals surface area contributed by atoms with Gasteiger partial charge in [-0.2, -0.15) is 0 Å². The van der Waals surface area contributed by atoms with Gasteiger partial charge in [0.15, 0.2) is 0 Å². The van der Waals surface area contributed by atoms with Crippen LogP contribution in [0, 0.1) is 23.2 Å². The molecule has 2 aliphatic heterocycles. The van der Waals surface area contributed by atoms with Crippen LogP contribution in [0.3, 0.4) is 0 Å². The molecule has 4 amide bonds. The van der Waals surface area contributed by atoms with Crippen molar-refractivity contribution in [1.82, 2.24) is 30.2 Å². The van der Waals surface area contributed by atoms with Crippen LogP contribution >= 0.6 is 0 Å². The summed E-state index contributed by atoms with van der Waals surface area (Å²) in [6.45, 7) is 10.0. The summed E-state index contributed by atoms with van der Waals surface area (Å²) in [6, 6.07) is 2.67. The fourth-order valence-electron chi connectivity index (χ4n) is 8.42. The minimum Gasteiger partial charge on any atom is -0.497 e. The minimum absolute atomic E-state index is 0.148. The number of ether oxygens (including phenoxy) is 3. The summed E-state index contributed by atoms with van der Waals surface area (Å²) in [4.78, 5) is 67.4. The Balaban J connectivity index is 1.26. The molecule has 0 radical (unpaired) electrons. The largest absolute Gasteiger partial charge is 0.497 e. The van der Waals surface area contributed by atoms with Crippen LogP contribution in [0.2, 0.25) is 0 Å². The first-order chi connectivity index (χ1) is 27.1. The highest BCUT2D eigenvalue weighted by Gasteiger charge is 2.68. The van der Waals surface area contributed by atoms with Gasteiger partial charge < -0.3 is 29.7 Å². The second-order valence-corrected chi connectivity index (χ2v) is 20.6. The molecule has 318 valence electrons. The minimum atomic E-state index is -4.24. The molecule has 5 aliphatic rings. The van der Waals surface area contributed by atoms with Crippen LogP contribution in [0.5, 0.6) is 11.6 Å². The number of carbonyl (C=O) groups excluding carboxylic acids is 4. The fraction of sp³-hybridized carbons (Fsp3) is 0.700. The highest BCUT2D eigenvalue weighted by Crippen LogP contribution is 2.51. The number of alkyl carbamates (subject to hydrolysis) is 1. The summed E-state index contributed by atoms with van der Waals surface area (Å²) in [5.41, 5.74) is -2.17. The van der Waals surface area contributed by atoms with E-state index in [0.29, 0.717) is 48.2 Å². The van der Waals surface area contributed by atoms with E-state index in [9.17, 15) is 36.4 Å². The second-order valence-electron chi connectivity index (χ2n) is 18.4. The van der Waals surface area contributed by atoms with Crippen LogP contribution in [0.15, 0.2) is 18.2 Å². The van der Waals surface area contributed by atoms with Gasteiger partial charge in [0.25, 0.3) is 5.91 Å². The lowest BCUT2D eigenvalue weighted by Crippen LogP contribution is -2.61. The van der Waals surface area contributed by atoms with E-state index in [1.54, 1.807) is 45.9 Å². The maximum absolute atomic E-state index is 14.8. The van der Waals surface area contributed by atoms with Gasteiger partial charge in [0.2, 0.25) is 34.1 Å². The van der Waals surface area contributed by atoms with Crippen molar-refractivity contribution in [2.45, 2.75) is 140 Å². The van der Waals surface area contributed by atoms with E-state index in [0.717, 1.165) is 25.7 Å². The number of nitrogens with one attached hydrogen (secondary N) is 3. The van der Waals surface area contributed by atoms with E-state index in [4.69, 9.17) is 24.2 Å². The molecule has 3 aliphatic carbocycles. The first-order valence-electron chi connectivity index (χ1n) is 20.1. The number of benzene rings is 1. The van der Waals surface area contributed by atoms with Crippen molar-refractivity contribution in [2.24, 2.45) is 23.2 Å². The van der Waals surface area contributed by atoms with Crippen molar-refractivity contribution in [1.29, 1.82) is 0 Å². The van der Waals surface area contributed by atoms with Crippen molar-refractivity contribution in [3.05, 3.63) is 23.9 Å². The third-order valence-corrected chi connectivity index (χ3v) is 15.1. The molecule has 3 N–H and O–H groups in total. The van der Waals surface area contributed by atoms with Crippen LogP contribution in [0.1, 0.15) is 98.6 Å². The van der Waals surface area contributed by atoms with Crippen LogP contribution in [0.25, 0.3) is 11.0 Å². The lowest BCUT2D eigenvalue weighted by atomic mass is 9.85. The number of alkyl halides is 2. The van der Waals surface area contributed by atoms with Crippen molar-refractivity contribution in [3.63, 3.8) is 0 Å². The van der Waals surface area contributed by atoms with Gasteiger partial charge >= 0.3 is 6.09 Å². The monoisotopic (exact) mass is 832 g/mol. The lowest BCUT2D eigenvalue weighted by molar-refractivity contribution is -0.143. The fourth-order valence-corrected chi connectivity index (χ4v) is 9.73. The number of hydrogen-bond donors (Lipinski definition) is 3. The second kappa shape index (κ2) is 14.7. The van der Waals surface area contributed by atoms with Gasteiger partial charge in [-0.1, -0.05) is 40.5 Å². The molecular formula is C40H54F2N6O9S. The number of aryl methyl sites for hydroxylation is 1. The van der Waals surface area contributed by atoms with Crippen molar-refractivity contribution < 1.29 is 50.6 Å². The molecule has 2 bridgehead atoms. The summed E-state index contributed by atoms with van der Waals surface area (Å²) in [7, 11) is -2.71. The molecule has 2 aromatic rings. The van der Waals surface area contributed by atoms with Crippen LogP contribution in [-0.2, 0) is 35.6 Å².